The highest BCUT2D eigenvalue weighted by molar-refractivity contribution is 5.76. The van der Waals surface area contributed by atoms with Crippen LogP contribution in [0.3, 0.4) is 0 Å². The van der Waals surface area contributed by atoms with E-state index in [0.717, 1.165) is 11.3 Å². The number of aromatic hydroxyl groups is 1. The molecule has 1 atom stereocenters. The van der Waals surface area contributed by atoms with Crippen LogP contribution in [0.4, 0.5) is 0 Å². The second-order valence-corrected chi connectivity index (χ2v) is 6.35. The van der Waals surface area contributed by atoms with Crippen molar-refractivity contribution >= 4 is 5.91 Å². The molecule has 0 saturated heterocycles. The lowest BCUT2D eigenvalue weighted by Gasteiger charge is -2.37. The van der Waals surface area contributed by atoms with Gasteiger partial charge in [0.2, 0.25) is 5.91 Å². The Morgan fingerprint density at radius 1 is 1.21 bits per heavy atom. The maximum Gasteiger partial charge on any atom is 0.220 e. The average Bonchev–Trinajstić information content (AvgIpc) is 2.57. The third-order valence-corrected chi connectivity index (χ3v) is 4.52. The Bertz CT molecular complexity index is 667. The molecule has 1 amide bonds. The second-order valence-electron chi connectivity index (χ2n) is 6.35. The lowest BCUT2D eigenvalue weighted by atomic mass is 9.76. The number of nitrogens with zero attached hydrogens (tertiary/aromatic N) is 1. The summed E-state index contributed by atoms with van der Waals surface area (Å²) >= 11 is 0. The van der Waals surface area contributed by atoms with Gasteiger partial charge in [-0.2, -0.15) is 0 Å². The zero-order valence-electron chi connectivity index (χ0n) is 13.4. The average molecular weight is 326 g/mol. The van der Waals surface area contributed by atoms with Gasteiger partial charge in [-0.15, -0.1) is 0 Å². The summed E-state index contributed by atoms with van der Waals surface area (Å²) in [6, 6.07) is 12.4. The van der Waals surface area contributed by atoms with Crippen LogP contribution in [0.25, 0.3) is 0 Å². The smallest absolute Gasteiger partial charge is 0.220 e. The molecule has 1 aliphatic carbocycles. The normalized spacial score (nSPS) is 20.9. The molecule has 5 heteroatoms. The number of aromatic nitrogens is 1. The van der Waals surface area contributed by atoms with Gasteiger partial charge in [-0.05, 0) is 55.0 Å². The van der Waals surface area contributed by atoms with Gasteiger partial charge in [0.25, 0.3) is 0 Å². The molecule has 126 valence electrons. The summed E-state index contributed by atoms with van der Waals surface area (Å²) < 4.78 is 0. The fraction of sp³-hybridized carbons (Fsp3) is 0.368. The number of phenolic OH excluding ortho intramolecular Hbond substituents is 1. The Labute approximate surface area is 141 Å². The van der Waals surface area contributed by atoms with Crippen LogP contribution in [-0.2, 0) is 11.2 Å². The number of nitrogens with one attached hydrogen (secondary N) is 1. The van der Waals surface area contributed by atoms with Gasteiger partial charge in [0.1, 0.15) is 5.75 Å². The van der Waals surface area contributed by atoms with Gasteiger partial charge in [-0.1, -0.05) is 18.2 Å². The predicted octanol–water partition coefficient (Wildman–Crippen LogP) is 2.35. The van der Waals surface area contributed by atoms with Crippen molar-refractivity contribution in [2.45, 2.75) is 37.8 Å². The summed E-state index contributed by atoms with van der Waals surface area (Å²) in [6.45, 7) is 0. The zero-order valence-corrected chi connectivity index (χ0v) is 13.4. The van der Waals surface area contributed by atoms with E-state index >= 15 is 0 Å². The van der Waals surface area contributed by atoms with Crippen LogP contribution in [0.15, 0.2) is 48.7 Å². The van der Waals surface area contributed by atoms with Crippen molar-refractivity contribution in [3.63, 3.8) is 0 Å². The number of aliphatic hydroxyl groups is 1. The first-order chi connectivity index (χ1) is 11.6. The van der Waals surface area contributed by atoms with Crippen LogP contribution >= 0.6 is 0 Å². The predicted molar refractivity (Wildman–Crippen MR) is 90.3 cm³/mol. The molecule has 1 aromatic heterocycles. The molecule has 0 radical (unpaired) electrons. The molecule has 1 unspecified atom stereocenters. The summed E-state index contributed by atoms with van der Waals surface area (Å²) in [7, 11) is 0. The molecule has 5 nitrogen and oxygen atoms in total. The molecule has 3 rings (SSSR count). The van der Waals surface area contributed by atoms with E-state index in [4.69, 9.17) is 0 Å². The number of aliphatic hydroxyl groups excluding tert-OH is 1. The standard InChI is InChI=1S/C19H22N2O3/c22-15-7-4-13(5-8-15)6-9-18(24)21-19(14-11-16(23)12-14)17-3-1-2-10-20-17/h1-5,7-8,10,14,16,19,22-23H,6,9,11-12H2,(H,21,24). The number of benzene rings is 1. The van der Waals surface area contributed by atoms with E-state index in [1.54, 1.807) is 18.3 Å². The molecule has 24 heavy (non-hydrogen) atoms. The molecular formula is C19H22N2O3. The Hall–Kier alpha value is -2.40. The van der Waals surface area contributed by atoms with Gasteiger partial charge >= 0.3 is 0 Å². The maximum absolute atomic E-state index is 12.3. The van der Waals surface area contributed by atoms with Crippen molar-refractivity contribution in [3.8, 4) is 5.75 Å². The number of aryl methyl sites for hydroxylation is 1. The fourth-order valence-electron chi connectivity index (χ4n) is 3.06. The molecular weight excluding hydrogens is 304 g/mol. The number of hydrogen-bond acceptors (Lipinski definition) is 4. The highest BCUT2D eigenvalue weighted by Crippen LogP contribution is 2.37. The fourth-order valence-corrected chi connectivity index (χ4v) is 3.06. The van der Waals surface area contributed by atoms with Gasteiger partial charge in [0, 0.05) is 12.6 Å². The number of carbonyl (C=O) groups is 1. The molecule has 1 fully saturated rings. The molecule has 0 bridgehead atoms. The van der Waals surface area contributed by atoms with Crippen LogP contribution < -0.4 is 5.32 Å². The third-order valence-electron chi connectivity index (χ3n) is 4.52. The maximum atomic E-state index is 12.3. The topological polar surface area (TPSA) is 82.5 Å². The van der Waals surface area contributed by atoms with Crippen LogP contribution in [0.1, 0.15) is 36.6 Å². The third kappa shape index (κ3) is 4.11. The number of phenols is 1. The lowest BCUT2D eigenvalue weighted by molar-refractivity contribution is -0.123. The van der Waals surface area contributed by atoms with Gasteiger partial charge in [0.15, 0.2) is 0 Å². The van der Waals surface area contributed by atoms with E-state index in [-0.39, 0.29) is 29.7 Å². The second kappa shape index (κ2) is 7.45. The van der Waals surface area contributed by atoms with E-state index < -0.39 is 0 Å². The largest absolute Gasteiger partial charge is 0.508 e. The van der Waals surface area contributed by atoms with Crippen LogP contribution in [0.5, 0.6) is 5.75 Å². The molecule has 0 spiro atoms. The molecule has 2 aromatic rings. The first kappa shape index (κ1) is 16.5. The van der Waals surface area contributed by atoms with E-state index in [1.807, 2.05) is 30.3 Å². The minimum atomic E-state index is -0.268. The summed E-state index contributed by atoms with van der Waals surface area (Å²) in [5.41, 5.74) is 1.85. The Kier molecular flexibility index (Phi) is 5.11. The van der Waals surface area contributed by atoms with E-state index in [1.165, 1.54) is 0 Å². The van der Waals surface area contributed by atoms with Crippen molar-refractivity contribution in [1.82, 2.24) is 10.3 Å². The van der Waals surface area contributed by atoms with Crippen molar-refractivity contribution in [3.05, 3.63) is 59.9 Å². The first-order valence-corrected chi connectivity index (χ1v) is 8.28. The number of hydrogen-bond donors (Lipinski definition) is 3. The molecule has 1 heterocycles. The zero-order chi connectivity index (χ0) is 16.9. The molecule has 0 aliphatic heterocycles. The number of rotatable bonds is 6. The van der Waals surface area contributed by atoms with Crippen molar-refractivity contribution in [2.75, 3.05) is 0 Å². The van der Waals surface area contributed by atoms with Crippen LogP contribution in [0.2, 0.25) is 0 Å². The summed E-state index contributed by atoms with van der Waals surface area (Å²) in [5, 5.41) is 21.9. The molecule has 1 saturated carbocycles. The quantitative estimate of drug-likeness (QED) is 0.761. The van der Waals surface area contributed by atoms with Gasteiger partial charge in [-0.25, -0.2) is 0 Å². The van der Waals surface area contributed by atoms with E-state index in [9.17, 15) is 15.0 Å². The number of carbonyl (C=O) groups excluding carboxylic acids is 1. The molecule has 1 aliphatic rings. The van der Waals surface area contributed by atoms with Gasteiger partial charge in [0.05, 0.1) is 17.8 Å². The van der Waals surface area contributed by atoms with Gasteiger partial charge < -0.3 is 15.5 Å². The van der Waals surface area contributed by atoms with E-state index in [0.29, 0.717) is 25.7 Å². The minimum absolute atomic E-state index is 0.0277. The lowest BCUT2D eigenvalue weighted by Crippen LogP contribution is -2.41. The highest BCUT2D eigenvalue weighted by Gasteiger charge is 2.36. The summed E-state index contributed by atoms with van der Waals surface area (Å²) in [6.07, 6.45) is 3.84. The van der Waals surface area contributed by atoms with Gasteiger partial charge in [-0.3, -0.25) is 9.78 Å². The highest BCUT2D eigenvalue weighted by atomic mass is 16.3. The number of amides is 1. The Balaban J connectivity index is 1.59. The molecule has 3 N–H and O–H groups in total. The Morgan fingerprint density at radius 2 is 1.96 bits per heavy atom. The SMILES string of the molecule is O=C(CCc1ccc(O)cc1)NC(c1ccccn1)C1CC(O)C1. The van der Waals surface area contributed by atoms with E-state index in [2.05, 4.69) is 10.3 Å². The minimum Gasteiger partial charge on any atom is -0.508 e. The van der Waals surface area contributed by atoms with Crippen molar-refractivity contribution in [1.29, 1.82) is 0 Å². The molecule has 1 aromatic carbocycles. The first-order valence-electron chi connectivity index (χ1n) is 8.28. The number of pyridine rings is 1. The van der Waals surface area contributed by atoms with Crippen LogP contribution in [-0.4, -0.2) is 27.2 Å². The van der Waals surface area contributed by atoms with Crippen LogP contribution in [0, 0.1) is 5.92 Å². The Morgan fingerprint density at radius 3 is 2.58 bits per heavy atom. The monoisotopic (exact) mass is 326 g/mol. The van der Waals surface area contributed by atoms with Crippen molar-refractivity contribution in [2.24, 2.45) is 5.92 Å². The van der Waals surface area contributed by atoms with Crippen molar-refractivity contribution < 1.29 is 15.0 Å². The summed E-state index contributed by atoms with van der Waals surface area (Å²) in [5.74, 6) is 0.426. The summed E-state index contributed by atoms with van der Waals surface area (Å²) in [4.78, 5) is 16.7.